The van der Waals surface area contributed by atoms with E-state index in [1.807, 2.05) is 20.8 Å². The number of amides is 3. The lowest BCUT2D eigenvalue weighted by Gasteiger charge is -2.35. The Bertz CT molecular complexity index is 1730. The van der Waals surface area contributed by atoms with Gasteiger partial charge in [0.05, 0.1) is 29.4 Å². The summed E-state index contributed by atoms with van der Waals surface area (Å²) in [6, 6.07) is 6.79. The molecule has 3 amide bonds. The van der Waals surface area contributed by atoms with Crippen LogP contribution in [0, 0.1) is 11.2 Å². The van der Waals surface area contributed by atoms with E-state index in [-0.39, 0.29) is 45.2 Å². The van der Waals surface area contributed by atoms with Crippen LogP contribution in [0.5, 0.6) is 0 Å². The van der Waals surface area contributed by atoms with E-state index >= 15 is 4.39 Å². The second kappa shape index (κ2) is 13.0. The first-order chi connectivity index (χ1) is 21.8. The number of aliphatic imine (C=N–C) groups is 1. The van der Waals surface area contributed by atoms with Gasteiger partial charge >= 0.3 is 12.6 Å². The number of guanidine groups is 1. The number of hydrogen-bond donors (Lipinski definition) is 3. The highest BCUT2D eigenvalue weighted by molar-refractivity contribution is 6.33. The van der Waals surface area contributed by atoms with E-state index in [1.54, 1.807) is 20.8 Å². The summed E-state index contributed by atoms with van der Waals surface area (Å²) >= 11 is 6.15. The topological polar surface area (TPSA) is 152 Å². The van der Waals surface area contributed by atoms with E-state index in [9.17, 15) is 28.3 Å². The average molecular weight is 677 g/mol. The second-order valence-corrected chi connectivity index (χ2v) is 13.7. The first kappa shape index (κ1) is 35.4. The van der Waals surface area contributed by atoms with Gasteiger partial charge < -0.3 is 20.9 Å². The number of nitrogens with zero attached hydrogens (tertiary/aromatic N) is 4. The minimum Gasteiger partial charge on any atom is -0.442 e. The highest BCUT2D eigenvalue weighted by Crippen LogP contribution is 2.44. The minimum atomic E-state index is -2.89. The number of rotatable bonds is 8. The largest absolute Gasteiger partial charge is 0.442 e. The summed E-state index contributed by atoms with van der Waals surface area (Å²) in [5, 5.41) is 17.3. The molecule has 0 spiro atoms. The van der Waals surface area contributed by atoms with E-state index in [0.717, 1.165) is 23.4 Å². The van der Waals surface area contributed by atoms with Crippen molar-refractivity contribution in [3.05, 3.63) is 76.3 Å². The van der Waals surface area contributed by atoms with E-state index in [4.69, 9.17) is 22.1 Å². The van der Waals surface area contributed by atoms with Gasteiger partial charge in [-0.3, -0.25) is 14.5 Å². The van der Waals surface area contributed by atoms with Crippen LogP contribution in [0.3, 0.4) is 0 Å². The number of alkyl halides is 2. The van der Waals surface area contributed by atoms with Gasteiger partial charge in [0.15, 0.2) is 0 Å². The average Bonchev–Trinajstić information content (AvgIpc) is 3.53. The summed E-state index contributed by atoms with van der Waals surface area (Å²) in [6.45, 7) is 6.72. The molecule has 15 heteroatoms. The van der Waals surface area contributed by atoms with Crippen molar-refractivity contribution in [2.75, 3.05) is 6.61 Å². The first-order valence-corrected chi connectivity index (χ1v) is 14.9. The van der Waals surface area contributed by atoms with Crippen LogP contribution in [-0.4, -0.2) is 55.9 Å². The molecule has 2 heterocycles. The Hall–Kier alpha value is -4.43. The van der Waals surface area contributed by atoms with E-state index in [2.05, 4.69) is 15.4 Å². The van der Waals surface area contributed by atoms with Gasteiger partial charge in [0.1, 0.15) is 17.0 Å². The van der Waals surface area contributed by atoms with Gasteiger partial charge in [-0.1, -0.05) is 50.6 Å². The number of aliphatic hydroxyl groups excluding tert-OH is 1. The van der Waals surface area contributed by atoms with Crippen LogP contribution in [0.1, 0.15) is 82.0 Å². The fourth-order valence-corrected chi connectivity index (χ4v) is 5.66. The zero-order chi connectivity index (χ0) is 35.1. The van der Waals surface area contributed by atoms with Crippen molar-refractivity contribution in [2.45, 2.75) is 71.7 Å². The van der Waals surface area contributed by atoms with Gasteiger partial charge in [-0.25, -0.2) is 13.9 Å². The molecule has 3 aromatic rings. The predicted molar refractivity (Wildman–Crippen MR) is 168 cm³/mol. The lowest BCUT2D eigenvalue weighted by molar-refractivity contribution is -0.135. The number of carbonyl (C=O) groups excluding carboxylic acids is 3. The molecule has 0 aliphatic carbocycles. The lowest BCUT2D eigenvalue weighted by Crippen LogP contribution is -2.48. The molecule has 1 aromatic heterocycles. The smallest absolute Gasteiger partial charge is 0.437 e. The third kappa shape index (κ3) is 7.60. The molecule has 0 radical (unpaired) electrons. The van der Waals surface area contributed by atoms with Gasteiger partial charge in [0.2, 0.25) is 11.9 Å². The summed E-state index contributed by atoms with van der Waals surface area (Å²) in [5.74, 6) is -2.84. The van der Waals surface area contributed by atoms with Gasteiger partial charge in [-0.2, -0.15) is 13.9 Å². The molecule has 1 aliphatic rings. The molecule has 1 aliphatic heterocycles. The molecule has 0 unspecified atom stereocenters. The number of aliphatic hydroxyl groups is 1. The molecule has 0 bridgehead atoms. The number of benzene rings is 2. The number of halogens is 4. The van der Waals surface area contributed by atoms with Crippen LogP contribution in [-0.2, 0) is 15.1 Å². The molecule has 4 N–H and O–H groups in total. The second-order valence-electron chi connectivity index (χ2n) is 13.3. The lowest BCUT2D eigenvalue weighted by atomic mass is 9.75. The minimum absolute atomic E-state index is 0.0342. The van der Waals surface area contributed by atoms with Gasteiger partial charge in [-0.15, -0.1) is 4.99 Å². The van der Waals surface area contributed by atoms with Crippen LogP contribution in [0.4, 0.5) is 18.0 Å². The van der Waals surface area contributed by atoms with E-state index in [1.165, 1.54) is 30.3 Å². The summed E-state index contributed by atoms with van der Waals surface area (Å²) < 4.78 is 48.3. The monoisotopic (exact) mass is 676 g/mol. The van der Waals surface area contributed by atoms with Crippen molar-refractivity contribution >= 4 is 35.5 Å². The SMILES string of the molecule is CC(C)(C)C[C@]1(c2ccc(-c3cnn(C(F)F)c3)cc2F)NC(=NC(=O)OC(C)(C)C)N([C@H](CO)c2ccc(Cl)c(C(N)=O)c2)C1=O. The Morgan fingerprint density at radius 2 is 1.81 bits per heavy atom. The van der Waals surface area contributed by atoms with Crippen LogP contribution in [0.2, 0.25) is 5.02 Å². The maximum Gasteiger partial charge on any atom is 0.437 e. The number of carbonyl (C=O) groups is 3. The predicted octanol–water partition coefficient (Wildman–Crippen LogP) is 5.92. The van der Waals surface area contributed by atoms with Crippen molar-refractivity contribution in [1.29, 1.82) is 0 Å². The normalized spacial score (nSPS) is 18.5. The molecule has 11 nitrogen and oxygen atoms in total. The Morgan fingerprint density at radius 1 is 1.13 bits per heavy atom. The maximum absolute atomic E-state index is 16.2. The first-order valence-electron chi connectivity index (χ1n) is 14.5. The van der Waals surface area contributed by atoms with Crippen molar-refractivity contribution < 1.29 is 37.4 Å². The molecule has 252 valence electrons. The number of nitrogens with two attached hydrogens (primary N) is 1. The highest BCUT2D eigenvalue weighted by atomic mass is 35.5. The number of nitrogens with one attached hydrogen (secondary N) is 1. The molecule has 0 saturated carbocycles. The van der Waals surface area contributed by atoms with Crippen LogP contribution in [0.25, 0.3) is 11.1 Å². The van der Waals surface area contributed by atoms with Crippen molar-refractivity contribution in [1.82, 2.24) is 20.0 Å². The Morgan fingerprint density at radius 3 is 2.34 bits per heavy atom. The molecular weight excluding hydrogens is 641 g/mol. The number of hydrogen-bond acceptors (Lipinski definition) is 6. The van der Waals surface area contributed by atoms with Gasteiger partial charge in [0.25, 0.3) is 5.91 Å². The third-order valence-corrected chi connectivity index (χ3v) is 7.54. The Balaban J connectivity index is 1.93. The zero-order valence-electron chi connectivity index (χ0n) is 26.6. The van der Waals surface area contributed by atoms with E-state index < -0.39 is 59.5 Å². The molecule has 2 atom stereocenters. The van der Waals surface area contributed by atoms with Crippen molar-refractivity contribution in [3.8, 4) is 11.1 Å². The highest BCUT2D eigenvalue weighted by Gasteiger charge is 2.56. The zero-order valence-corrected chi connectivity index (χ0v) is 27.4. The summed E-state index contributed by atoms with van der Waals surface area (Å²) in [4.78, 5) is 44.9. The molecule has 4 rings (SSSR count). The Labute approximate surface area is 274 Å². The fourth-order valence-electron chi connectivity index (χ4n) is 5.45. The molecule has 47 heavy (non-hydrogen) atoms. The van der Waals surface area contributed by atoms with E-state index in [0.29, 0.717) is 4.68 Å². The maximum atomic E-state index is 16.2. The fraction of sp³-hybridized carbons (Fsp3) is 0.406. The Kier molecular flexibility index (Phi) is 9.79. The van der Waals surface area contributed by atoms with Crippen molar-refractivity contribution in [2.24, 2.45) is 16.1 Å². The molecular formula is C32H36ClF3N6O5. The quantitative estimate of drug-likeness (QED) is 0.268. The van der Waals surface area contributed by atoms with Crippen LogP contribution < -0.4 is 11.1 Å². The number of ether oxygens (including phenoxy) is 1. The van der Waals surface area contributed by atoms with Crippen LogP contribution >= 0.6 is 11.6 Å². The molecule has 1 saturated heterocycles. The van der Waals surface area contributed by atoms with Gasteiger partial charge in [0, 0.05) is 17.3 Å². The van der Waals surface area contributed by atoms with Crippen LogP contribution in [0.15, 0.2) is 53.8 Å². The third-order valence-electron chi connectivity index (χ3n) is 7.21. The number of primary amides is 1. The van der Waals surface area contributed by atoms with Crippen molar-refractivity contribution in [3.63, 3.8) is 0 Å². The summed E-state index contributed by atoms with van der Waals surface area (Å²) in [5.41, 5.74) is 2.44. The molecule has 1 fully saturated rings. The van der Waals surface area contributed by atoms with Gasteiger partial charge in [-0.05, 0) is 61.9 Å². The molecule has 2 aromatic carbocycles. The summed E-state index contributed by atoms with van der Waals surface area (Å²) in [7, 11) is 0. The summed E-state index contributed by atoms with van der Waals surface area (Å²) in [6.07, 6.45) is 1.13. The standard InChI is InChI=1S/C32H36ClF3N6O5/c1-30(2,3)16-32(21-9-7-17(12-23(21)34)19-13-38-41(14-19)27(35)36)26(45)42(28(40-32)39-29(46)47-31(4,5)6)24(15-43)18-8-10-22(33)20(11-18)25(37)44/h7-14,24,27,43H,15-16H2,1-6H3,(H2,37,44)(H,39,40,46)/t24-,32-/m1/s1. The number of aromatic nitrogens is 2.